The number of hydrogen-bond donors (Lipinski definition) is 1. The second kappa shape index (κ2) is 11.6. The number of benzene rings is 3. The van der Waals surface area contributed by atoms with E-state index in [1.165, 1.54) is 0 Å². The van der Waals surface area contributed by atoms with Crippen molar-refractivity contribution in [2.45, 2.75) is 26.9 Å². The number of anilines is 2. The lowest BCUT2D eigenvalue weighted by Gasteiger charge is -2.36. The summed E-state index contributed by atoms with van der Waals surface area (Å²) in [5.74, 6) is 1.19. The lowest BCUT2D eigenvalue weighted by atomic mass is 10.1. The van der Waals surface area contributed by atoms with Gasteiger partial charge in [-0.25, -0.2) is 0 Å². The van der Waals surface area contributed by atoms with Crippen LogP contribution in [0.5, 0.6) is 5.75 Å². The first kappa shape index (κ1) is 24.3. The molecule has 1 aliphatic heterocycles. The van der Waals surface area contributed by atoms with E-state index in [1.54, 1.807) is 12.1 Å². The quantitative estimate of drug-likeness (QED) is 0.490. The first-order chi connectivity index (χ1) is 17.0. The third-order valence-corrected chi connectivity index (χ3v) is 6.07. The van der Waals surface area contributed by atoms with Gasteiger partial charge in [-0.1, -0.05) is 44.2 Å². The molecule has 3 aromatic carbocycles. The van der Waals surface area contributed by atoms with Gasteiger partial charge >= 0.3 is 0 Å². The number of piperazine rings is 1. The summed E-state index contributed by atoms with van der Waals surface area (Å²) in [6.45, 7) is 7.75. The minimum Gasteiger partial charge on any atom is -0.489 e. The maximum atomic E-state index is 12.7. The van der Waals surface area contributed by atoms with Gasteiger partial charge in [0.15, 0.2) is 0 Å². The molecule has 0 saturated carbocycles. The zero-order valence-corrected chi connectivity index (χ0v) is 20.4. The van der Waals surface area contributed by atoms with Crippen molar-refractivity contribution in [2.75, 3.05) is 36.4 Å². The Balaban J connectivity index is 1.26. The molecule has 3 aromatic rings. The van der Waals surface area contributed by atoms with Crippen molar-refractivity contribution in [1.82, 2.24) is 4.90 Å². The van der Waals surface area contributed by atoms with Crippen molar-refractivity contribution in [3.8, 4) is 5.75 Å². The molecule has 0 spiro atoms. The zero-order valence-electron chi connectivity index (χ0n) is 20.4. The summed E-state index contributed by atoms with van der Waals surface area (Å²) in [5, 5.41) is 2.95. The fraction of sp³-hybridized carbons (Fsp3) is 0.310. The van der Waals surface area contributed by atoms with Crippen LogP contribution in [0.1, 0.15) is 36.2 Å². The van der Waals surface area contributed by atoms with E-state index in [1.807, 2.05) is 71.6 Å². The van der Waals surface area contributed by atoms with E-state index in [-0.39, 0.29) is 11.8 Å². The predicted molar refractivity (Wildman–Crippen MR) is 140 cm³/mol. The van der Waals surface area contributed by atoms with E-state index < -0.39 is 0 Å². The fourth-order valence-electron chi connectivity index (χ4n) is 4.09. The molecule has 1 aliphatic rings. The molecule has 0 aromatic heterocycles. The van der Waals surface area contributed by atoms with Crippen LogP contribution in [0.25, 0.3) is 0 Å². The minimum absolute atomic E-state index is 0.162. The average Bonchev–Trinajstić information content (AvgIpc) is 2.88. The molecule has 1 heterocycles. The van der Waals surface area contributed by atoms with Crippen LogP contribution in [0.4, 0.5) is 11.4 Å². The first-order valence-electron chi connectivity index (χ1n) is 12.2. The number of nitrogens with one attached hydrogen (secondary N) is 1. The Labute approximate surface area is 207 Å². The van der Waals surface area contributed by atoms with Gasteiger partial charge in [0, 0.05) is 49.5 Å². The maximum absolute atomic E-state index is 12.7. The Morgan fingerprint density at radius 1 is 0.857 bits per heavy atom. The Hall–Kier alpha value is -3.80. The molecule has 1 saturated heterocycles. The van der Waals surface area contributed by atoms with Crippen molar-refractivity contribution in [1.29, 1.82) is 0 Å². The smallest absolute Gasteiger partial charge is 0.255 e. The van der Waals surface area contributed by atoms with Gasteiger partial charge in [-0.3, -0.25) is 9.59 Å². The Kier molecular flexibility index (Phi) is 8.03. The molecule has 0 unspecified atom stereocenters. The number of carbonyl (C=O) groups excluding carboxylic acids is 2. The van der Waals surface area contributed by atoms with Crippen molar-refractivity contribution >= 4 is 23.2 Å². The molecule has 6 heteroatoms. The molecule has 0 bridgehead atoms. The van der Waals surface area contributed by atoms with Gasteiger partial charge in [-0.2, -0.15) is 0 Å². The van der Waals surface area contributed by atoms with E-state index in [0.29, 0.717) is 24.5 Å². The number of nitrogens with zero attached hydrogens (tertiary/aromatic N) is 2. The van der Waals surface area contributed by atoms with Crippen LogP contribution in [0, 0.1) is 5.92 Å². The van der Waals surface area contributed by atoms with Crippen molar-refractivity contribution in [2.24, 2.45) is 5.92 Å². The van der Waals surface area contributed by atoms with Gasteiger partial charge in [0.25, 0.3) is 5.91 Å². The monoisotopic (exact) mass is 471 g/mol. The summed E-state index contributed by atoms with van der Waals surface area (Å²) in [6, 6.07) is 25.0. The molecule has 4 rings (SSSR count). The van der Waals surface area contributed by atoms with E-state index >= 15 is 0 Å². The van der Waals surface area contributed by atoms with Crippen molar-refractivity contribution in [3.63, 3.8) is 0 Å². The number of amides is 2. The number of carbonyl (C=O) groups is 2. The second-order valence-corrected chi connectivity index (χ2v) is 9.27. The summed E-state index contributed by atoms with van der Waals surface area (Å²) in [6.07, 6.45) is 0.609. The van der Waals surface area contributed by atoms with Gasteiger partial charge in [0.05, 0.1) is 0 Å². The SMILES string of the molecule is CC(C)CC(=O)N1CCN(c2ccc(NC(=O)c3ccc(OCc4ccccc4)cc3)cc2)CC1. The summed E-state index contributed by atoms with van der Waals surface area (Å²) in [4.78, 5) is 29.2. The van der Waals surface area contributed by atoms with E-state index in [0.717, 1.165) is 48.9 Å². The highest BCUT2D eigenvalue weighted by Crippen LogP contribution is 2.21. The number of rotatable bonds is 8. The van der Waals surface area contributed by atoms with Crippen LogP contribution in [0.15, 0.2) is 78.9 Å². The molecule has 182 valence electrons. The highest BCUT2D eigenvalue weighted by Gasteiger charge is 2.21. The van der Waals surface area contributed by atoms with Crippen LogP contribution in [-0.4, -0.2) is 42.9 Å². The van der Waals surface area contributed by atoms with Gasteiger partial charge in [-0.05, 0) is 60.0 Å². The van der Waals surface area contributed by atoms with Crippen LogP contribution < -0.4 is 15.0 Å². The standard InChI is InChI=1S/C29H33N3O3/c1-22(2)20-28(33)32-18-16-31(17-19-32)26-12-10-25(11-13-26)30-29(34)24-8-14-27(15-9-24)35-21-23-6-4-3-5-7-23/h3-15,22H,16-21H2,1-2H3,(H,30,34). The summed E-state index contributed by atoms with van der Waals surface area (Å²) >= 11 is 0. The molecule has 6 nitrogen and oxygen atoms in total. The van der Waals surface area contributed by atoms with Crippen LogP contribution in [-0.2, 0) is 11.4 Å². The van der Waals surface area contributed by atoms with Crippen LogP contribution >= 0.6 is 0 Å². The van der Waals surface area contributed by atoms with Crippen molar-refractivity contribution in [3.05, 3.63) is 90.0 Å². The van der Waals surface area contributed by atoms with Crippen molar-refractivity contribution < 1.29 is 14.3 Å². The van der Waals surface area contributed by atoms with Gasteiger partial charge in [0.2, 0.25) is 5.91 Å². The largest absolute Gasteiger partial charge is 0.489 e. The Morgan fingerprint density at radius 3 is 2.14 bits per heavy atom. The third-order valence-electron chi connectivity index (χ3n) is 6.07. The topological polar surface area (TPSA) is 61.9 Å². The fourth-order valence-corrected chi connectivity index (χ4v) is 4.09. The lowest BCUT2D eigenvalue weighted by Crippen LogP contribution is -2.49. The molecule has 35 heavy (non-hydrogen) atoms. The summed E-state index contributed by atoms with van der Waals surface area (Å²) < 4.78 is 5.79. The lowest BCUT2D eigenvalue weighted by molar-refractivity contribution is -0.132. The molecule has 2 amide bonds. The highest BCUT2D eigenvalue weighted by atomic mass is 16.5. The normalized spacial score (nSPS) is 13.6. The molecule has 1 fully saturated rings. The molecule has 0 aliphatic carbocycles. The minimum atomic E-state index is -0.162. The van der Waals surface area contributed by atoms with Crippen LogP contribution in [0.2, 0.25) is 0 Å². The van der Waals surface area contributed by atoms with Gasteiger partial charge < -0.3 is 19.9 Å². The molecule has 0 atom stereocenters. The Bertz CT molecular complexity index is 1100. The number of ether oxygens (including phenoxy) is 1. The second-order valence-electron chi connectivity index (χ2n) is 9.27. The number of hydrogen-bond acceptors (Lipinski definition) is 4. The zero-order chi connectivity index (χ0) is 24.6. The Morgan fingerprint density at radius 2 is 1.51 bits per heavy atom. The summed E-state index contributed by atoms with van der Waals surface area (Å²) in [7, 11) is 0. The molecule has 1 N–H and O–H groups in total. The maximum Gasteiger partial charge on any atom is 0.255 e. The van der Waals surface area contributed by atoms with E-state index in [4.69, 9.17) is 4.74 Å². The predicted octanol–water partition coefficient (Wildman–Crippen LogP) is 5.21. The molecular formula is C29H33N3O3. The van der Waals surface area contributed by atoms with Gasteiger partial charge in [-0.15, -0.1) is 0 Å². The highest BCUT2D eigenvalue weighted by molar-refractivity contribution is 6.04. The van der Waals surface area contributed by atoms with Gasteiger partial charge in [0.1, 0.15) is 12.4 Å². The first-order valence-corrected chi connectivity index (χ1v) is 12.2. The molecular weight excluding hydrogens is 438 g/mol. The van der Waals surface area contributed by atoms with E-state index in [2.05, 4.69) is 24.1 Å². The average molecular weight is 472 g/mol. The third kappa shape index (κ3) is 6.85. The van der Waals surface area contributed by atoms with Crippen LogP contribution in [0.3, 0.4) is 0 Å². The molecule has 0 radical (unpaired) electrons. The summed E-state index contributed by atoms with van der Waals surface area (Å²) in [5.41, 5.74) is 3.51. The van der Waals surface area contributed by atoms with E-state index in [9.17, 15) is 9.59 Å².